The number of hydrogen-bond acceptors (Lipinski definition) is 6. The molecule has 0 bridgehead atoms. The third kappa shape index (κ3) is 4.05. The van der Waals surface area contributed by atoms with Crippen molar-refractivity contribution < 1.29 is 4.79 Å². The van der Waals surface area contributed by atoms with Gasteiger partial charge in [-0.2, -0.15) is 4.98 Å². The molecule has 2 saturated heterocycles. The highest BCUT2D eigenvalue weighted by Gasteiger charge is 2.52. The van der Waals surface area contributed by atoms with Crippen molar-refractivity contribution in [3.05, 3.63) is 56.5 Å². The maximum Gasteiger partial charge on any atom is 0.257 e. The van der Waals surface area contributed by atoms with Gasteiger partial charge in [-0.1, -0.05) is 11.6 Å². The van der Waals surface area contributed by atoms with Gasteiger partial charge in [0.2, 0.25) is 11.9 Å². The number of hydrogen-bond donors (Lipinski definition) is 2. The van der Waals surface area contributed by atoms with Gasteiger partial charge in [0.15, 0.2) is 0 Å². The molecule has 1 spiro atoms. The van der Waals surface area contributed by atoms with E-state index < -0.39 is 5.41 Å². The smallest absolute Gasteiger partial charge is 0.257 e. The monoisotopic (exact) mass is 561 g/mol. The number of nitrogens with one attached hydrogen (secondary N) is 2. The molecular weight excluding hydrogens is 526 g/mol. The van der Waals surface area contributed by atoms with Crippen LogP contribution in [0.3, 0.4) is 0 Å². The lowest BCUT2D eigenvalue weighted by molar-refractivity contribution is -0.123. The van der Waals surface area contributed by atoms with Gasteiger partial charge < -0.3 is 19.7 Å². The summed E-state index contributed by atoms with van der Waals surface area (Å²) in [5, 5.41) is 0.635. The minimum atomic E-state index is -0.669. The second-order valence-corrected chi connectivity index (χ2v) is 12.3. The summed E-state index contributed by atoms with van der Waals surface area (Å²) < 4.78 is 0. The summed E-state index contributed by atoms with van der Waals surface area (Å²) in [4.78, 5) is 46.4. The van der Waals surface area contributed by atoms with Gasteiger partial charge in [-0.25, -0.2) is 0 Å². The fourth-order valence-electron chi connectivity index (χ4n) is 7.25. The van der Waals surface area contributed by atoms with Gasteiger partial charge in [0.25, 0.3) is 5.56 Å². The van der Waals surface area contributed by atoms with E-state index in [4.69, 9.17) is 16.6 Å². The lowest BCUT2D eigenvalue weighted by Gasteiger charge is -2.39. The van der Waals surface area contributed by atoms with Crippen LogP contribution in [0.4, 0.5) is 17.5 Å². The van der Waals surface area contributed by atoms with E-state index in [0.29, 0.717) is 36.9 Å². The van der Waals surface area contributed by atoms with Crippen LogP contribution >= 0.6 is 11.6 Å². The summed E-state index contributed by atoms with van der Waals surface area (Å²) >= 11 is 7.01. The molecular formula is C30H36ClN7O2. The summed E-state index contributed by atoms with van der Waals surface area (Å²) in [6.45, 7) is 5.39. The van der Waals surface area contributed by atoms with Crippen LogP contribution in [0.2, 0.25) is 5.02 Å². The van der Waals surface area contributed by atoms with Gasteiger partial charge in [0.05, 0.1) is 11.0 Å². The number of halogens is 1. The topological polar surface area (TPSA) is 91.6 Å². The lowest BCUT2D eigenvalue weighted by atomic mass is 9.73. The number of aromatic amines is 2. The molecule has 210 valence electrons. The van der Waals surface area contributed by atoms with E-state index >= 15 is 0 Å². The van der Waals surface area contributed by atoms with Crippen LogP contribution < -0.4 is 20.3 Å². The number of benzene rings is 1. The van der Waals surface area contributed by atoms with E-state index in [9.17, 15) is 9.59 Å². The van der Waals surface area contributed by atoms with Crippen LogP contribution in [-0.4, -0.2) is 72.6 Å². The van der Waals surface area contributed by atoms with Gasteiger partial charge in [0.1, 0.15) is 5.82 Å². The molecule has 1 amide bonds. The molecule has 2 fully saturated rings. The third-order valence-corrected chi connectivity index (χ3v) is 9.76. The standard InChI is InChI=1S/C30H36ClN7O2/c1-35-9-5-6-21-26(35)33-29(34-27(21)39)38-12-7-30(8-13-38)25-22(31)15-20(16-24(25)36(2)28(30)40)23-14-19(17-32-23)18-37-10-3-4-11-37/h14-17,32H,3-13,18H2,1-2H3,(H,33,34,39). The summed E-state index contributed by atoms with van der Waals surface area (Å²) in [5.74, 6) is 1.45. The Morgan fingerprint density at radius 2 is 1.77 bits per heavy atom. The Hall–Kier alpha value is -3.30. The zero-order chi connectivity index (χ0) is 27.6. The Bertz CT molecular complexity index is 1530. The van der Waals surface area contributed by atoms with Crippen LogP contribution in [-0.2, 0) is 23.2 Å². The Kier molecular flexibility index (Phi) is 6.20. The first-order valence-electron chi connectivity index (χ1n) is 14.5. The van der Waals surface area contributed by atoms with Crippen molar-refractivity contribution in [2.75, 3.05) is 61.5 Å². The highest BCUT2D eigenvalue weighted by atomic mass is 35.5. The Balaban J connectivity index is 1.15. The minimum absolute atomic E-state index is 0.0580. The number of rotatable bonds is 4. The summed E-state index contributed by atoms with van der Waals surface area (Å²) in [5.41, 5.74) is 5.13. The number of likely N-dealkylation sites (tertiary alicyclic amines) is 1. The van der Waals surface area contributed by atoms with Gasteiger partial charge in [-0.15, -0.1) is 0 Å². The van der Waals surface area contributed by atoms with E-state index in [0.717, 1.165) is 72.9 Å². The number of amides is 1. The normalized spacial score (nSPS) is 20.5. The number of anilines is 3. The van der Waals surface area contributed by atoms with Crippen molar-refractivity contribution >= 4 is 35.0 Å². The van der Waals surface area contributed by atoms with Gasteiger partial charge in [0, 0.05) is 74.0 Å². The number of aromatic nitrogens is 3. The SMILES string of the molecule is CN1CCCc2c1nc(N1CCC3(CC1)C(=O)N(C)c1cc(-c4cc(CN5CCCC5)c[nH]4)cc(Cl)c13)[nH]c2=O. The van der Waals surface area contributed by atoms with Crippen molar-refractivity contribution in [3.63, 3.8) is 0 Å². The average Bonchev–Trinajstić information content (AvgIpc) is 3.68. The third-order valence-electron chi connectivity index (χ3n) is 9.46. The van der Waals surface area contributed by atoms with E-state index in [1.807, 2.05) is 20.2 Å². The molecule has 4 aliphatic rings. The molecule has 0 radical (unpaired) electrons. The van der Waals surface area contributed by atoms with Crippen LogP contribution in [0, 0.1) is 0 Å². The molecule has 7 rings (SSSR count). The first-order chi connectivity index (χ1) is 19.3. The predicted octanol–water partition coefficient (Wildman–Crippen LogP) is 3.91. The first-order valence-corrected chi connectivity index (χ1v) is 14.8. The fraction of sp³-hybridized carbons (Fsp3) is 0.500. The number of carbonyl (C=O) groups excluding carboxylic acids is 1. The molecule has 3 aromatic rings. The maximum atomic E-state index is 13.8. The number of piperidine rings is 1. The molecule has 0 saturated carbocycles. The average molecular weight is 562 g/mol. The lowest BCUT2D eigenvalue weighted by Crippen LogP contribution is -2.49. The number of fused-ring (bicyclic) bond motifs is 3. The zero-order valence-corrected chi connectivity index (χ0v) is 24.0. The van der Waals surface area contributed by atoms with E-state index in [-0.39, 0.29) is 11.5 Å². The number of nitrogens with zero attached hydrogens (tertiary/aromatic N) is 5. The van der Waals surface area contributed by atoms with Gasteiger partial charge in [-0.3, -0.25) is 19.5 Å². The Morgan fingerprint density at radius 3 is 2.55 bits per heavy atom. The van der Waals surface area contributed by atoms with Crippen molar-refractivity contribution in [3.8, 4) is 11.3 Å². The highest BCUT2D eigenvalue weighted by Crippen LogP contribution is 2.52. The molecule has 0 unspecified atom stereocenters. The molecule has 4 aliphatic heterocycles. The van der Waals surface area contributed by atoms with Crippen LogP contribution in [0.5, 0.6) is 0 Å². The zero-order valence-electron chi connectivity index (χ0n) is 23.2. The molecule has 40 heavy (non-hydrogen) atoms. The molecule has 1 aromatic carbocycles. The molecule has 9 nitrogen and oxygen atoms in total. The van der Waals surface area contributed by atoms with E-state index in [1.54, 1.807) is 4.90 Å². The Labute approximate surface area is 239 Å². The fourth-order valence-corrected chi connectivity index (χ4v) is 7.64. The van der Waals surface area contributed by atoms with E-state index in [1.165, 1.54) is 18.4 Å². The Morgan fingerprint density at radius 1 is 1.00 bits per heavy atom. The largest absolute Gasteiger partial charge is 0.361 e. The molecule has 6 heterocycles. The summed E-state index contributed by atoms with van der Waals surface area (Å²) in [6, 6.07) is 6.31. The van der Waals surface area contributed by atoms with Crippen LogP contribution in [0.25, 0.3) is 11.3 Å². The quantitative estimate of drug-likeness (QED) is 0.502. The number of H-pyrrole nitrogens is 2. The molecule has 0 atom stereocenters. The second-order valence-electron chi connectivity index (χ2n) is 11.9. The summed E-state index contributed by atoms with van der Waals surface area (Å²) in [7, 11) is 3.84. The molecule has 0 aliphatic carbocycles. The molecule has 10 heteroatoms. The molecule has 2 N–H and O–H groups in total. The highest BCUT2D eigenvalue weighted by molar-refractivity contribution is 6.33. The van der Waals surface area contributed by atoms with Crippen LogP contribution in [0.1, 0.15) is 48.8 Å². The van der Waals surface area contributed by atoms with E-state index in [2.05, 4.69) is 43.0 Å². The predicted molar refractivity (Wildman–Crippen MR) is 159 cm³/mol. The van der Waals surface area contributed by atoms with Crippen molar-refractivity contribution in [1.29, 1.82) is 0 Å². The summed E-state index contributed by atoms with van der Waals surface area (Å²) in [6.07, 6.45) is 7.57. The van der Waals surface area contributed by atoms with Crippen LogP contribution in [0.15, 0.2) is 29.2 Å². The van der Waals surface area contributed by atoms with Gasteiger partial charge >= 0.3 is 0 Å². The molecule has 2 aromatic heterocycles. The van der Waals surface area contributed by atoms with Gasteiger partial charge in [-0.05, 0) is 75.4 Å². The minimum Gasteiger partial charge on any atom is -0.361 e. The van der Waals surface area contributed by atoms with Crippen molar-refractivity contribution in [2.24, 2.45) is 0 Å². The maximum absolute atomic E-state index is 13.8. The second kappa shape index (κ2) is 9.66. The first kappa shape index (κ1) is 25.7. The number of likely N-dealkylation sites (N-methyl/N-ethyl adjacent to an activating group) is 1. The number of carbonyl (C=O) groups is 1. The van der Waals surface area contributed by atoms with Crippen molar-refractivity contribution in [2.45, 2.75) is 50.5 Å². The van der Waals surface area contributed by atoms with Crippen molar-refractivity contribution in [1.82, 2.24) is 19.9 Å².